The molecule has 2 saturated heterocycles. The fraction of sp³-hybridized carbons (Fsp3) is 0.929. The van der Waals surface area contributed by atoms with Crippen molar-refractivity contribution < 1.29 is 24.5 Å². The van der Waals surface area contributed by atoms with E-state index in [1.165, 1.54) is 38.5 Å². The molecule has 0 aromatic heterocycles. The topological polar surface area (TPSA) is 82.6 Å². The second kappa shape index (κ2) is 4.63. The zero-order chi connectivity index (χ0) is 13.6. The average Bonchev–Trinajstić information content (AvgIpc) is 3.21. The Balaban J connectivity index is 0.000000247. The van der Waals surface area contributed by atoms with Crippen LogP contribution < -0.4 is 0 Å². The molecule has 0 amide bonds. The van der Waals surface area contributed by atoms with Crippen molar-refractivity contribution in [2.75, 3.05) is 0 Å². The summed E-state index contributed by atoms with van der Waals surface area (Å²) >= 11 is 0. The minimum atomic E-state index is -1.83. The molecular formula is C14H22O5. The van der Waals surface area contributed by atoms with Crippen molar-refractivity contribution in [2.24, 2.45) is 11.3 Å². The van der Waals surface area contributed by atoms with E-state index in [9.17, 15) is 0 Å². The molecule has 0 radical (unpaired) electrons. The molecule has 108 valence electrons. The third-order valence-corrected chi connectivity index (χ3v) is 5.34. The lowest BCUT2D eigenvalue weighted by Crippen LogP contribution is -2.35. The van der Waals surface area contributed by atoms with Crippen LogP contribution in [0.4, 0.5) is 4.79 Å². The van der Waals surface area contributed by atoms with Crippen LogP contribution in [0, 0.1) is 11.3 Å². The highest BCUT2D eigenvalue weighted by Crippen LogP contribution is 2.55. The zero-order valence-electron chi connectivity index (χ0n) is 11.2. The summed E-state index contributed by atoms with van der Waals surface area (Å²) < 4.78 is 11.3. The van der Waals surface area contributed by atoms with Gasteiger partial charge in [0.1, 0.15) is 0 Å². The second-order valence-corrected chi connectivity index (χ2v) is 6.62. The van der Waals surface area contributed by atoms with Crippen LogP contribution >= 0.6 is 0 Å². The molecule has 4 rings (SSSR count). The fourth-order valence-electron chi connectivity index (χ4n) is 4.05. The molecule has 0 aromatic rings. The lowest BCUT2D eigenvalue weighted by Gasteiger charge is -2.40. The van der Waals surface area contributed by atoms with E-state index in [2.05, 4.69) is 6.92 Å². The Bertz CT molecular complexity index is 367. The third kappa shape index (κ3) is 2.87. The monoisotopic (exact) mass is 270 g/mol. The second-order valence-electron chi connectivity index (χ2n) is 6.62. The van der Waals surface area contributed by atoms with E-state index in [4.69, 9.17) is 24.5 Å². The van der Waals surface area contributed by atoms with Gasteiger partial charge in [0.15, 0.2) is 0 Å². The van der Waals surface area contributed by atoms with E-state index >= 15 is 0 Å². The van der Waals surface area contributed by atoms with Crippen LogP contribution in [0.25, 0.3) is 0 Å². The minimum absolute atomic E-state index is 0.564. The molecule has 0 aromatic carbocycles. The number of ether oxygens (including phenoxy) is 2. The summed E-state index contributed by atoms with van der Waals surface area (Å²) in [5.74, 6) is 0.909. The quantitative estimate of drug-likeness (QED) is 0.716. The van der Waals surface area contributed by atoms with Gasteiger partial charge < -0.3 is 19.7 Å². The van der Waals surface area contributed by atoms with E-state index in [1.807, 2.05) is 0 Å². The number of hydrogen-bond donors (Lipinski definition) is 2. The fourth-order valence-corrected chi connectivity index (χ4v) is 4.05. The SMILES string of the molecule is CC1(C2CCC3OC3C2)CCC2OC2C1.O=C(O)O. The zero-order valence-corrected chi connectivity index (χ0v) is 11.2. The van der Waals surface area contributed by atoms with Crippen molar-refractivity contribution >= 4 is 6.16 Å². The molecule has 0 spiro atoms. The lowest BCUT2D eigenvalue weighted by atomic mass is 9.63. The predicted molar refractivity (Wildman–Crippen MR) is 67.3 cm³/mol. The first kappa shape index (κ1) is 13.2. The van der Waals surface area contributed by atoms with Crippen molar-refractivity contribution in [1.82, 2.24) is 0 Å². The number of hydrogen-bond acceptors (Lipinski definition) is 3. The Kier molecular flexibility index (Phi) is 3.21. The standard InChI is InChI=1S/C13H20O2.CH2O3/c1-13(5-4-10-12(7-13)15-10)8-2-3-9-11(6-8)14-9;2-1(3)4/h8-12H,2-7H2,1H3;(H2,2,3,4). The summed E-state index contributed by atoms with van der Waals surface area (Å²) in [5.41, 5.74) is 0.564. The highest BCUT2D eigenvalue weighted by Gasteiger charge is 2.54. The van der Waals surface area contributed by atoms with Crippen molar-refractivity contribution in [3.05, 3.63) is 0 Å². The Morgan fingerprint density at radius 2 is 1.68 bits per heavy atom. The van der Waals surface area contributed by atoms with E-state index in [1.54, 1.807) is 0 Å². The Morgan fingerprint density at radius 3 is 2.32 bits per heavy atom. The van der Waals surface area contributed by atoms with Gasteiger partial charge in [0.05, 0.1) is 24.4 Å². The molecule has 2 N–H and O–H groups in total. The summed E-state index contributed by atoms with van der Waals surface area (Å²) in [5, 5.41) is 13.9. The van der Waals surface area contributed by atoms with Crippen LogP contribution in [0.15, 0.2) is 0 Å². The Hall–Kier alpha value is -0.810. The smallest absolute Gasteiger partial charge is 0.450 e. The van der Waals surface area contributed by atoms with E-state index in [0.717, 1.165) is 5.92 Å². The normalized spacial score (nSPS) is 50.1. The summed E-state index contributed by atoms with van der Waals surface area (Å²) in [6, 6.07) is 0. The number of fused-ring (bicyclic) bond motifs is 2. The van der Waals surface area contributed by atoms with Gasteiger partial charge in [-0.15, -0.1) is 0 Å². The molecule has 4 fully saturated rings. The van der Waals surface area contributed by atoms with Crippen LogP contribution in [0.1, 0.15) is 45.4 Å². The number of carbonyl (C=O) groups is 1. The van der Waals surface area contributed by atoms with Gasteiger partial charge in [0, 0.05) is 0 Å². The maximum Gasteiger partial charge on any atom is 0.503 e. The van der Waals surface area contributed by atoms with Gasteiger partial charge in [-0.2, -0.15) is 0 Å². The highest BCUT2D eigenvalue weighted by atomic mass is 16.6. The first-order valence-corrected chi connectivity index (χ1v) is 7.21. The van der Waals surface area contributed by atoms with Gasteiger partial charge in [0.2, 0.25) is 0 Å². The summed E-state index contributed by atoms with van der Waals surface area (Å²) in [6.45, 7) is 2.50. The molecule has 19 heavy (non-hydrogen) atoms. The number of rotatable bonds is 1. The molecule has 5 heteroatoms. The first-order valence-electron chi connectivity index (χ1n) is 7.21. The van der Waals surface area contributed by atoms with Crippen LogP contribution in [0.2, 0.25) is 0 Å². The predicted octanol–water partition coefficient (Wildman–Crippen LogP) is 2.73. The number of carboxylic acid groups (broad SMARTS) is 2. The number of epoxide rings is 2. The van der Waals surface area contributed by atoms with E-state index < -0.39 is 6.16 Å². The lowest BCUT2D eigenvalue weighted by molar-refractivity contribution is 0.103. The van der Waals surface area contributed by atoms with Crippen molar-refractivity contribution in [3.8, 4) is 0 Å². The molecule has 2 heterocycles. The van der Waals surface area contributed by atoms with Gasteiger partial charge in [-0.3, -0.25) is 0 Å². The Morgan fingerprint density at radius 1 is 1.05 bits per heavy atom. The molecule has 6 atom stereocenters. The summed E-state index contributed by atoms with van der Waals surface area (Å²) in [7, 11) is 0. The maximum atomic E-state index is 8.56. The van der Waals surface area contributed by atoms with Crippen LogP contribution in [0.3, 0.4) is 0 Å². The Labute approximate surface area is 112 Å². The largest absolute Gasteiger partial charge is 0.503 e. The molecule has 5 nitrogen and oxygen atoms in total. The molecule has 2 aliphatic heterocycles. The minimum Gasteiger partial charge on any atom is -0.450 e. The van der Waals surface area contributed by atoms with Crippen LogP contribution in [0.5, 0.6) is 0 Å². The van der Waals surface area contributed by atoms with Gasteiger partial charge in [0.25, 0.3) is 0 Å². The van der Waals surface area contributed by atoms with Gasteiger partial charge >= 0.3 is 6.16 Å². The first-order chi connectivity index (χ1) is 8.98. The van der Waals surface area contributed by atoms with Crippen LogP contribution in [-0.4, -0.2) is 40.8 Å². The maximum absolute atomic E-state index is 8.56. The molecular weight excluding hydrogens is 248 g/mol. The van der Waals surface area contributed by atoms with Crippen molar-refractivity contribution in [2.45, 2.75) is 69.9 Å². The molecule has 2 saturated carbocycles. The molecule has 2 aliphatic carbocycles. The molecule has 0 bridgehead atoms. The van der Waals surface area contributed by atoms with E-state index in [0.29, 0.717) is 29.8 Å². The van der Waals surface area contributed by atoms with Gasteiger partial charge in [-0.05, 0) is 49.9 Å². The third-order valence-electron chi connectivity index (χ3n) is 5.34. The van der Waals surface area contributed by atoms with Crippen molar-refractivity contribution in [1.29, 1.82) is 0 Å². The van der Waals surface area contributed by atoms with Crippen LogP contribution in [-0.2, 0) is 9.47 Å². The highest BCUT2D eigenvalue weighted by molar-refractivity contribution is 5.53. The van der Waals surface area contributed by atoms with E-state index in [-0.39, 0.29) is 0 Å². The van der Waals surface area contributed by atoms with Crippen molar-refractivity contribution in [3.63, 3.8) is 0 Å². The van der Waals surface area contributed by atoms with Gasteiger partial charge in [-0.1, -0.05) is 6.92 Å². The summed E-state index contributed by atoms with van der Waals surface area (Å²) in [4.78, 5) is 8.56. The summed E-state index contributed by atoms with van der Waals surface area (Å²) in [6.07, 6.45) is 8.79. The molecule has 6 unspecified atom stereocenters. The molecule has 4 aliphatic rings. The average molecular weight is 270 g/mol. The van der Waals surface area contributed by atoms with Gasteiger partial charge in [-0.25, -0.2) is 4.79 Å².